The fourth-order valence-corrected chi connectivity index (χ4v) is 2.90. The number of rotatable bonds is 5. The van der Waals surface area contributed by atoms with E-state index in [1.807, 2.05) is 24.3 Å². The minimum atomic E-state index is -2.95. The van der Waals surface area contributed by atoms with Gasteiger partial charge >= 0.3 is 0 Å². The Labute approximate surface area is 102 Å². The molecule has 17 heavy (non-hydrogen) atoms. The molecule has 0 heterocycles. The van der Waals surface area contributed by atoms with E-state index in [1.165, 1.54) is 11.8 Å². The molecule has 1 aliphatic carbocycles. The fraction of sp³-hybridized carbons (Fsp3) is 0.462. The van der Waals surface area contributed by atoms with E-state index in [1.54, 1.807) is 0 Å². The number of fused-ring (bicyclic) bond motifs is 1. The molecule has 3 nitrogen and oxygen atoms in total. The van der Waals surface area contributed by atoms with Crippen molar-refractivity contribution in [2.45, 2.75) is 25.2 Å². The number of ketones is 1. The predicted octanol–water partition coefficient (Wildman–Crippen LogP) is 1.72. The van der Waals surface area contributed by atoms with E-state index < -0.39 is 9.84 Å². The average molecular weight is 252 g/mol. The first kappa shape index (κ1) is 12.3. The summed E-state index contributed by atoms with van der Waals surface area (Å²) in [5, 5.41) is 0. The Hall–Kier alpha value is -1.16. The summed E-state index contributed by atoms with van der Waals surface area (Å²) in [7, 11) is -2.95. The van der Waals surface area contributed by atoms with Gasteiger partial charge in [0.1, 0.15) is 15.6 Å². The summed E-state index contributed by atoms with van der Waals surface area (Å²) in [5.74, 6) is 0.283. The van der Waals surface area contributed by atoms with Crippen molar-refractivity contribution in [3.8, 4) is 0 Å². The van der Waals surface area contributed by atoms with Crippen molar-refractivity contribution in [2.75, 3.05) is 12.0 Å². The van der Waals surface area contributed by atoms with Crippen LogP contribution in [-0.4, -0.2) is 26.2 Å². The summed E-state index contributed by atoms with van der Waals surface area (Å²) >= 11 is 0. The van der Waals surface area contributed by atoms with E-state index in [2.05, 4.69) is 0 Å². The maximum absolute atomic E-state index is 11.9. The molecule has 0 spiro atoms. The highest BCUT2D eigenvalue weighted by Gasteiger charge is 2.30. The van der Waals surface area contributed by atoms with Crippen LogP contribution in [0.25, 0.3) is 0 Å². The highest BCUT2D eigenvalue weighted by Crippen LogP contribution is 2.36. The lowest BCUT2D eigenvalue weighted by molar-refractivity contribution is -0.121. The number of carbonyl (C=O) groups excluding carboxylic acids is 1. The first-order valence-electron chi connectivity index (χ1n) is 5.75. The molecule has 1 unspecified atom stereocenters. The highest BCUT2D eigenvalue weighted by atomic mass is 32.2. The predicted molar refractivity (Wildman–Crippen MR) is 66.8 cm³/mol. The molecule has 0 radical (unpaired) electrons. The molecule has 0 aliphatic heterocycles. The molecule has 0 bridgehead atoms. The van der Waals surface area contributed by atoms with Gasteiger partial charge in [-0.1, -0.05) is 24.3 Å². The van der Waals surface area contributed by atoms with E-state index in [0.29, 0.717) is 12.8 Å². The van der Waals surface area contributed by atoms with Gasteiger partial charge in [-0.05, 0) is 24.0 Å². The SMILES string of the molecule is CS(=O)(=O)CCCC(=O)C1Cc2ccccc21. The van der Waals surface area contributed by atoms with E-state index >= 15 is 0 Å². The number of benzene rings is 1. The molecule has 1 aliphatic rings. The van der Waals surface area contributed by atoms with Gasteiger partial charge in [-0.2, -0.15) is 0 Å². The third kappa shape index (κ3) is 2.94. The zero-order chi connectivity index (χ0) is 12.5. The van der Waals surface area contributed by atoms with Crippen LogP contribution in [0.15, 0.2) is 24.3 Å². The second kappa shape index (κ2) is 4.61. The maximum atomic E-state index is 11.9. The van der Waals surface area contributed by atoms with Crippen molar-refractivity contribution >= 4 is 15.6 Å². The molecule has 1 atom stereocenters. The molecule has 4 heteroatoms. The summed E-state index contributed by atoms with van der Waals surface area (Å²) in [6.45, 7) is 0. The van der Waals surface area contributed by atoms with E-state index in [0.717, 1.165) is 12.0 Å². The summed E-state index contributed by atoms with van der Waals surface area (Å²) in [5.41, 5.74) is 2.37. The first-order chi connectivity index (χ1) is 7.97. The monoisotopic (exact) mass is 252 g/mol. The molecule has 0 saturated heterocycles. The van der Waals surface area contributed by atoms with Gasteiger partial charge in [-0.15, -0.1) is 0 Å². The lowest BCUT2D eigenvalue weighted by Crippen LogP contribution is -2.25. The first-order valence-corrected chi connectivity index (χ1v) is 7.81. The van der Waals surface area contributed by atoms with Crippen molar-refractivity contribution < 1.29 is 13.2 Å². The molecule has 1 aromatic rings. The molecular weight excluding hydrogens is 236 g/mol. The molecule has 0 fully saturated rings. The summed E-state index contributed by atoms with van der Waals surface area (Å²) in [4.78, 5) is 11.9. The molecule has 2 rings (SSSR count). The largest absolute Gasteiger partial charge is 0.299 e. The number of hydrogen-bond donors (Lipinski definition) is 0. The number of Topliss-reactive ketones (excluding diaryl/α,β-unsaturated/α-hetero) is 1. The van der Waals surface area contributed by atoms with Crippen LogP contribution in [0.4, 0.5) is 0 Å². The molecule has 0 N–H and O–H groups in total. The van der Waals surface area contributed by atoms with Crippen LogP contribution >= 0.6 is 0 Å². The van der Waals surface area contributed by atoms with E-state index in [-0.39, 0.29) is 17.5 Å². The third-order valence-corrected chi connectivity index (χ3v) is 4.21. The van der Waals surface area contributed by atoms with Crippen LogP contribution in [0.5, 0.6) is 0 Å². The van der Waals surface area contributed by atoms with Gasteiger partial charge < -0.3 is 0 Å². The summed E-state index contributed by atoms with van der Waals surface area (Å²) in [6.07, 6.45) is 2.83. The van der Waals surface area contributed by atoms with Crippen molar-refractivity contribution in [1.82, 2.24) is 0 Å². The Balaban J connectivity index is 1.88. The quantitative estimate of drug-likeness (QED) is 0.801. The third-order valence-electron chi connectivity index (χ3n) is 3.18. The van der Waals surface area contributed by atoms with Gasteiger partial charge in [0.2, 0.25) is 0 Å². The topological polar surface area (TPSA) is 51.2 Å². The van der Waals surface area contributed by atoms with Gasteiger partial charge in [-0.25, -0.2) is 8.42 Å². The second-order valence-electron chi connectivity index (χ2n) is 4.66. The Morgan fingerprint density at radius 1 is 1.35 bits per heavy atom. The Bertz CT molecular complexity index is 531. The lowest BCUT2D eigenvalue weighted by atomic mass is 9.74. The normalized spacial score (nSPS) is 18.3. The smallest absolute Gasteiger partial charge is 0.147 e. The number of hydrogen-bond acceptors (Lipinski definition) is 3. The van der Waals surface area contributed by atoms with E-state index in [9.17, 15) is 13.2 Å². The Morgan fingerprint density at radius 2 is 2.06 bits per heavy atom. The zero-order valence-electron chi connectivity index (χ0n) is 9.85. The maximum Gasteiger partial charge on any atom is 0.147 e. The van der Waals surface area contributed by atoms with Crippen LogP contribution in [0.1, 0.15) is 29.9 Å². The van der Waals surface area contributed by atoms with Gasteiger partial charge in [0.25, 0.3) is 0 Å². The fourth-order valence-electron chi connectivity index (χ4n) is 2.23. The van der Waals surface area contributed by atoms with Gasteiger partial charge in [0.15, 0.2) is 0 Å². The lowest BCUT2D eigenvalue weighted by Gasteiger charge is -2.28. The number of sulfone groups is 1. The van der Waals surface area contributed by atoms with E-state index in [4.69, 9.17) is 0 Å². The minimum Gasteiger partial charge on any atom is -0.299 e. The number of carbonyl (C=O) groups is 1. The highest BCUT2D eigenvalue weighted by molar-refractivity contribution is 7.90. The van der Waals surface area contributed by atoms with Crippen molar-refractivity contribution in [3.05, 3.63) is 35.4 Å². The molecule has 0 amide bonds. The van der Waals surface area contributed by atoms with Gasteiger partial charge in [0.05, 0.1) is 5.75 Å². The molecule has 0 aromatic heterocycles. The van der Waals surface area contributed by atoms with Crippen molar-refractivity contribution in [2.24, 2.45) is 0 Å². The average Bonchev–Trinajstić information content (AvgIpc) is 2.18. The molecule has 1 aromatic carbocycles. The second-order valence-corrected chi connectivity index (χ2v) is 6.92. The molecule has 92 valence electrons. The standard InChI is InChI=1S/C13H16O3S/c1-17(15,16)8-4-7-13(14)12-9-10-5-2-3-6-11(10)12/h2-3,5-6,12H,4,7-9H2,1H3. The molecular formula is C13H16O3S. The van der Waals surface area contributed by atoms with Gasteiger partial charge in [-0.3, -0.25) is 4.79 Å². The molecule has 0 saturated carbocycles. The minimum absolute atomic E-state index is 0.00533. The van der Waals surface area contributed by atoms with Crippen LogP contribution in [0.3, 0.4) is 0 Å². The van der Waals surface area contributed by atoms with Crippen molar-refractivity contribution in [3.63, 3.8) is 0 Å². The zero-order valence-corrected chi connectivity index (χ0v) is 10.7. The van der Waals surface area contributed by atoms with Crippen LogP contribution in [-0.2, 0) is 21.1 Å². The van der Waals surface area contributed by atoms with Crippen LogP contribution < -0.4 is 0 Å². The summed E-state index contributed by atoms with van der Waals surface area (Å²) < 4.78 is 21.9. The van der Waals surface area contributed by atoms with Gasteiger partial charge in [0, 0.05) is 18.6 Å². The van der Waals surface area contributed by atoms with Crippen LogP contribution in [0, 0.1) is 0 Å². The van der Waals surface area contributed by atoms with Crippen LogP contribution in [0.2, 0.25) is 0 Å². The Morgan fingerprint density at radius 3 is 2.71 bits per heavy atom. The van der Waals surface area contributed by atoms with Crippen molar-refractivity contribution in [1.29, 1.82) is 0 Å². The Kier molecular flexibility index (Phi) is 3.33. The summed E-state index contributed by atoms with van der Waals surface area (Å²) in [6, 6.07) is 7.94.